The van der Waals surface area contributed by atoms with Crippen LogP contribution >= 0.6 is 0 Å². The van der Waals surface area contributed by atoms with Gasteiger partial charge in [0.2, 0.25) is 0 Å². The predicted molar refractivity (Wildman–Crippen MR) is 81.5 cm³/mol. The molecule has 0 saturated carbocycles. The second kappa shape index (κ2) is 5.75. The van der Waals surface area contributed by atoms with Gasteiger partial charge in [-0.2, -0.15) is 0 Å². The summed E-state index contributed by atoms with van der Waals surface area (Å²) in [5.41, 5.74) is 0.595. The monoisotopic (exact) mass is 301 g/mol. The first-order chi connectivity index (χ1) is 10.5. The minimum Gasteiger partial charge on any atom is -0.486 e. The van der Waals surface area contributed by atoms with Crippen LogP contribution in [0.15, 0.2) is 34.7 Å². The highest BCUT2D eigenvalue weighted by Crippen LogP contribution is 2.31. The van der Waals surface area contributed by atoms with E-state index in [0.29, 0.717) is 24.5 Å². The van der Waals surface area contributed by atoms with Gasteiger partial charge in [0.1, 0.15) is 18.1 Å². The normalized spacial score (nSPS) is 16.4. The van der Waals surface area contributed by atoms with Crippen LogP contribution in [0.25, 0.3) is 0 Å². The molecule has 5 nitrogen and oxygen atoms in total. The van der Waals surface area contributed by atoms with E-state index in [4.69, 9.17) is 13.9 Å². The van der Waals surface area contributed by atoms with E-state index in [0.717, 1.165) is 17.3 Å². The summed E-state index contributed by atoms with van der Waals surface area (Å²) in [4.78, 5) is 14.1. The Morgan fingerprint density at radius 1 is 1.27 bits per heavy atom. The molecule has 0 fully saturated rings. The fourth-order valence-corrected chi connectivity index (χ4v) is 2.59. The first kappa shape index (κ1) is 14.5. The molecule has 0 bridgehead atoms. The zero-order valence-electron chi connectivity index (χ0n) is 13.0. The van der Waals surface area contributed by atoms with Gasteiger partial charge in [0.25, 0.3) is 5.91 Å². The standard InChI is InChI=1S/C17H19NO4/c1-11-8-14(12(2)21-11)17(19)18(3)9-13-10-20-15-6-4-5-7-16(15)22-13/h4-8,13H,9-10H2,1-3H3. The maximum absolute atomic E-state index is 12.5. The first-order valence-corrected chi connectivity index (χ1v) is 7.25. The Bertz CT molecular complexity index is 692. The van der Waals surface area contributed by atoms with Crippen molar-refractivity contribution in [2.75, 3.05) is 20.2 Å². The van der Waals surface area contributed by atoms with Crippen molar-refractivity contribution >= 4 is 5.91 Å². The van der Waals surface area contributed by atoms with Crippen molar-refractivity contribution < 1.29 is 18.7 Å². The van der Waals surface area contributed by atoms with Gasteiger partial charge in [-0.25, -0.2) is 0 Å². The number of likely N-dealkylation sites (N-methyl/N-ethyl adjacent to an activating group) is 1. The summed E-state index contributed by atoms with van der Waals surface area (Å²) < 4.78 is 17.0. The van der Waals surface area contributed by atoms with Crippen molar-refractivity contribution in [3.8, 4) is 11.5 Å². The SMILES string of the molecule is Cc1cc(C(=O)N(C)CC2COc3ccccc3O2)c(C)o1. The molecule has 2 heterocycles. The minimum absolute atomic E-state index is 0.0724. The van der Waals surface area contributed by atoms with Crippen LogP contribution < -0.4 is 9.47 Å². The molecule has 0 saturated heterocycles. The average Bonchev–Trinajstić information content (AvgIpc) is 2.85. The van der Waals surface area contributed by atoms with E-state index in [9.17, 15) is 4.79 Å². The molecular weight excluding hydrogens is 282 g/mol. The van der Waals surface area contributed by atoms with Crippen LogP contribution in [0.3, 0.4) is 0 Å². The number of nitrogens with zero attached hydrogens (tertiary/aromatic N) is 1. The van der Waals surface area contributed by atoms with E-state index >= 15 is 0 Å². The van der Waals surface area contributed by atoms with Gasteiger partial charge in [0.15, 0.2) is 17.6 Å². The van der Waals surface area contributed by atoms with Crippen molar-refractivity contribution in [2.24, 2.45) is 0 Å². The molecule has 0 N–H and O–H groups in total. The third-order valence-corrected chi connectivity index (χ3v) is 3.66. The van der Waals surface area contributed by atoms with Gasteiger partial charge in [-0.15, -0.1) is 0 Å². The molecule has 1 aliphatic rings. The van der Waals surface area contributed by atoms with Gasteiger partial charge in [0.05, 0.1) is 12.1 Å². The molecule has 0 radical (unpaired) electrons. The second-order valence-electron chi connectivity index (χ2n) is 5.51. The van der Waals surface area contributed by atoms with Gasteiger partial charge in [-0.1, -0.05) is 12.1 Å². The van der Waals surface area contributed by atoms with E-state index < -0.39 is 0 Å². The summed E-state index contributed by atoms with van der Waals surface area (Å²) in [7, 11) is 1.76. The summed E-state index contributed by atoms with van der Waals surface area (Å²) in [6.07, 6.45) is -0.183. The molecule has 116 valence electrons. The van der Waals surface area contributed by atoms with Crippen molar-refractivity contribution in [1.29, 1.82) is 0 Å². The Labute approximate surface area is 129 Å². The highest BCUT2D eigenvalue weighted by molar-refractivity contribution is 5.95. The number of carbonyl (C=O) groups excluding carboxylic acids is 1. The van der Waals surface area contributed by atoms with E-state index in [1.54, 1.807) is 24.9 Å². The van der Waals surface area contributed by atoms with Gasteiger partial charge in [0, 0.05) is 7.05 Å². The van der Waals surface area contributed by atoms with Crippen LogP contribution in [-0.2, 0) is 0 Å². The van der Waals surface area contributed by atoms with E-state index in [1.165, 1.54) is 0 Å². The lowest BCUT2D eigenvalue weighted by Crippen LogP contribution is -2.41. The highest BCUT2D eigenvalue weighted by Gasteiger charge is 2.25. The summed E-state index contributed by atoms with van der Waals surface area (Å²) in [6.45, 7) is 4.51. The number of benzene rings is 1. The van der Waals surface area contributed by atoms with Crippen LogP contribution in [0.1, 0.15) is 21.9 Å². The summed E-state index contributed by atoms with van der Waals surface area (Å²) in [6, 6.07) is 9.31. The lowest BCUT2D eigenvalue weighted by Gasteiger charge is -2.29. The Balaban J connectivity index is 1.66. The molecule has 0 spiro atoms. The first-order valence-electron chi connectivity index (χ1n) is 7.25. The number of rotatable bonds is 3. The third kappa shape index (κ3) is 2.79. The van der Waals surface area contributed by atoms with E-state index in [1.807, 2.05) is 31.2 Å². The molecule has 3 rings (SSSR count). The molecule has 5 heteroatoms. The molecule has 1 aromatic carbocycles. The zero-order valence-corrected chi connectivity index (χ0v) is 13.0. The van der Waals surface area contributed by atoms with Gasteiger partial charge >= 0.3 is 0 Å². The quantitative estimate of drug-likeness (QED) is 0.875. The lowest BCUT2D eigenvalue weighted by atomic mass is 10.2. The molecule has 0 aliphatic carbocycles. The topological polar surface area (TPSA) is 51.9 Å². The Hall–Kier alpha value is -2.43. The molecule has 1 aliphatic heterocycles. The number of carbonyl (C=O) groups is 1. The largest absolute Gasteiger partial charge is 0.486 e. The molecular formula is C17H19NO4. The zero-order chi connectivity index (χ0) is 15.7. The van der Waals surface area contributed by atoms with E-state index in [-0.39, 0.29) is 12.0 Å². The number of ether oxygens (including phenoxy) is 2. The van der Waals surface area contributed by atoms with Crippen LogP contribution in [0, 0.1) is 13.8 Å². The number of furan rings is 1. The average molecular weight is 301 g/mol. The number of para-hydroxylation sites is 2. The lowest BCUT2D eigenvalue weighted by molar-refractivity contribution is 0.0520. The molecule has 1 aromatic heterocycles. The highest BCUT2D eigenvalue weighted by atomic mass is 16.6. The summed E-state index contributed by atoms with van der Waals surface area (Å²) >= 11 is 0. The Morgan fingerprint density at radius 2 is 2.00 bits per heavy atom. The number of fused-ring (bicyclic) bond motifs is 1. The summed E-state index contributed by atoms with van der Waals surface area (Å²) in [5.74, 6) is 2.77. The van der Waals surface area contributed by atoms with Crippen molar-refractivity contribution in [3.63, 3.8) is 0 Å². The number of amides is 1. The number of hydrogen-bond donors (Lipinski definition) is 0. The second-order valence-corrected chi connectivity index (χ2v) is 5.51. The van der Waals surface area contributed by atoms with Crippen LogP contribution in [-0.4, -0.2) is 37.1 Å². The van der Waals surface area contributed by atoms with Crippen LogP contribution in [0.4, 0.5) is 0 Å². The van der Waals surface area contributed by atoms with Gasteiger partial charge < -0.3 is 18.8 Å². The molecule has 1 atom stereocenters. The molecule has 1 amide bonds. The van der Waals surface area contributed by atoms with Crippen molar-refractivity contribution in [3.05, 3.63) is 47.4 Å². The molecule has 22 heavy (non-hydrogen) atoms. The van der Waals surface area contributed by atoms with Crippen molar-refractivity contribution in [1.82, 2.24) is 4.90 Å². The van der Waals surface area contributed by atoms with Gasteiger partial charge in [-0.05, 0) is 32.0 Å². The molecule has 2 aromatic rings. The smallest absolute Gasteiger partial charge is 0.257 e. The number of hydrogen-bond acceptors (Lipinski definition) is 4. The van der Waals surface area contributed by atoms with E-state index in [2.05, 4.69) is 0 Å². The Kier molecular flexibility index (Phi) is 3.79. The maximum Gasteiger partial charge on any atom is 0.257 e. The third-order valence-electron chi connectivity index (χ3n) is 3.66. The summed E-state index contributed by atoms with van der Waals surface area (Å²) in [5, 5.41) is 0. The fraction of sp³-hybridized carbons (Fsp3) is 0.353. The number of aryl methyl sites for hydroxylation is 2. The Morgan fingerprint density at radius 3 is 2.68 bits per heavy atom. The molecule has 1 unspecified atom stereocenters. The van der Waals surface area contributed by atoms with Crippen molar-refractivity contribution in [2.45, 2.75) is 20.0 Å². The fourth-order valence-electron chi connectivity index (χ4n) is 2.59. The maximum atomic E-state index is 12.5. The predicted octanol–water partition coefficient (Wildman–Crippen LogP) is 2.81. The van der Waals surface area contributed by atoms with Gasteiger partial charge in [-0.3, -0.25) is 4.79 Å². The van der Waals surface area contributed by atoms with Crippen LogP contribution in [0.2, 0.25) is 0 Å². The van der Waals surface area contributed by atoms with Crippen LogP contribution in [0.5, 0.6) is 11.5 Å². The minimum atomic E-state index is -0.183.